The fraction of sp³-hybridized carbons (Fsp3) is 0.900. The number of carbonyl (C=O) groups is 1. The lowest BCUT2D eigenvalue weighted by Crippen LogP contribution is -2.13. The minimum absolute atomic E-state index is 0.00931. The molecule has 96 valence electrons. The van der Waals surface area contributed by atoms with Gasteiger partial charge in [0.1, 0.15) is 5.78 Å². The predicted octanol–water partition coefficient (Wildman–Crippen LogP) is 2.13. The summed E-state index contributed by atoms with van der Waals surface area (Å²) in [5.74, 6) is 0.614. The maximum absolute atomic E-state index is 11.6. The van der Waals surface area contributed by atoms with E-state index in [1.54, 1.807) is 0 Å². The zero-order valence-electron chi connectivity index (χ0n) is 10.0. The van der Waals surface area contributed by atoms with E-state index in [1.807, 2.05) is 6.92 Å². The lowest BCUT2D eigenvalue weighted by Gasteiger charge is -2.12. The molecule has 0 aliphatic heterocycles. The van der Waals surface area contributed by atoms with Gasteiger partial charge in [-0.25, -0.2) is 4.57 Å². The highest BCUT2D eigenvalue weighted by Gasteiger charge is 2.16. The Morgan fingerprint density at radius 1 is 1.31 bits per heavy atom. The van der Waals surface area contributed by atoms with Crippen LogP contribution in [0.2, 0.25) is 0 Å². The van der Waals surface area contributed by atoms with Crippen molar-refractivity contribution in [1.29, 1.82) is 0 Å². The van der Waals surface area contributed by atoms with E-state index in [0.717, 1.165) is 6.42 Å². The van der Waals surface area contributed by atoms with Crippen LogP contribution < -0.4 is 0 Å². The van der Waals surface area contributed by atoms with Gasteiger partial charge in [0.2, 0.25) is 0 Å². The van der Waals surface area contributed by atoms with Crippen LogP contribution in [-0.4, -0.2) is 22.2 Å². The number of hydrogen-bond acceptors (Lipinski definition) is 3. The molecule has 0 aromatic heterocycles. The first-order valence-corrected chi connectivity index (χ1v) is 6.98. The van der Waals surface area contributed by atoms with E-state index in [9.17, 15) is 9.36 Å². The lowest BCUT2D eigenvalue weighted by atomic mass is 9.93. The third-order valence-electron chi connectivity index (χ3n) is 2.20. The van der Waals surface area contributed by atoms with Crippen LogP contribution in [0.25, 0.3) is 0 Å². The number of carbonyl (C=O) groups excluding carboxylic acids is 1. The van der Waals surface area contributed by atoms with Crippen molar-refractivity contribution in [2.75, 3.05) is 6.61 Å². The molecule has 0 aromatic rings. The summed E-state index contributed by atoms with van der Waals surface area (Å²) in [6.07, 6.45) is 1.51. The molecule has 6 heteroatoms. The van der Waals surface area contributed by atoms with Crippen molar-refractivity contribution < 1.29 is 23.7 Å². The maximum Gasteiger partial charge on any atom is 0.469 e. The van der Waals surface area contributed by atoms with Gasteiger partial charge in [0, 0.05) is 12.3 Å². The third kappa shape index (κ3) is 9.04. The van der Waals surface area contributed by atoms with Crippen LogP contribution in [0, 0.1) is 11.8 Å². The van der Waals surface area contributed by atoms with Crippen molar-refractivity contribution in [3.8, 4) is 0 Å². The van der Waals surface area contributed by atoms with Crippen LogP contribution in [0.15, 0.2) is 0 Å². The van der Waals surface area contributed by atoms with Crippen molar-refractivity contribution in [3.05, 3.63) is 0 Å². The molecule has 0 bridgehead atoms. The smallest absolute Gasteiger partial charge is 0.303 e. The molecule has 0 heterocycles. The molecule has 1 unspecified atom stereocenters. The SMILES string of the molecule is CC(C)CC(C)C(=O)CCCOP(=O)(O)O. The molecule has 0 fully saturated rings. The van der Waals surface area contributed by atoms with E-state index in [-0.39, 0.29) is 18.3 Å². The molecule has 0 aromatic carbocycles. The summed E-state index contributed by atoms with van der Waals surface area (Å²) >= 11 is 0. The summed E-state index contributed by atoms with van der Waals surface area (Å²) in [6.45, 7) is 5.91. The van der Waals surface area contributed by atoms with Crippen LogP contribution in [0.4, 0.5) is 0 Å². The van der Waals surface area contributed by atoms with Crippen molar-refractivity contribution in [1.82, 2.24) is 0 Å². The highest BCUT2D eigenvalue weighted by Crippen LogP contribution is 2.35. The van der Waals surface area contributed by atoms with Crippen LogP contribution in [-0.2, 0) is 13.9 Å². The normalized spacial score (nSPS) is 14.1. The van der Waals surface area contributed by atoms with Gasteiger partial charge in [-0.2, -0.15) is 0 Å². The van der Waals surface area contributed by atoms with Gasteiger partial charge in [0.25, 0.3) is 0 Å². The van der Waals surface area contributed by atoms with Gasteiger partial charge in [-0.3, -0.25) is 9.32 Å². The molecule has 0 aliphatic carbocycles. The quantitative estimate of drug-likeness (QED) is 0.510. The highest BCUT2D eigenvalue weighted by molar-refractivity contribution is 7.46. The molecule has 5 nitrogen and oxygen atoms in total. The van der Waals surface area contributed by atoms with Crippen molar-refractivity contribution >= 4 is 13.6 Å². The van der Waals surface area contributed by atoms with E-state index in [0.29, 0.717) is 18.8 Å². The molecule has 1 atom stereocenters. The first-order chi connectivity index (χ1) is 7.22. The summed E-state index contributed by atoms with van der Waals surface area (Å²) in [4.78, 5) is 28.4. The summed E-state index contributed by atoms with van der Waals surface area (Å²) < 4.78 is 14.6. The minimum Gasteiger partial charge on any atom is -0.303 e. The van der Waals surface area contributed by atoms with E-state index in [4.69, 9.17) is 9.79 Å². The van der Waals surface area contributed by atoms with E-state index < -0.39 is 7.82 Å². The Morgan fingerprint density at radius 3 is 2.31 bits per heavy atom. The Bertz CT molecular complexity index is 258. The van der Waals surface area contributed by atoms with E-state index in [1.165, 1.54) is 0 Å². The molecule has 0 amide bonds. The number of Topliss-reactive ketones (excluding diaryl/α,β-unsaturated/α-hetero) is 1. The second-order valence-electron chi connectivity index (χ2n) is 4.42. The molecule has 0 rings (SSSR count). The molecule has 0 aliphatic rings. The average Bonchev–Trinajstić information content (AvgIpc) is 2.09. The first kappa shape index (κ1) is 15.8. The first-order valence-electron chi connectivity index (χ1n) is 5.45. The summed E-state index contributed by atoms with van der Waals surface area (Å²) in [5.41, 5.74) is 0. The Labute approximate surface area is 96.4 Å². The Morgan fingerprint density at radius 2 is 1.88 bits per heavy atom. The molecule has 0 saturated carbocycles. The van der Waals surface area contributed by atoms with Crippen LogP contribution in [0.3, 0.4) is 0 Å². The fourth-order valence-electron chi connectivity index (χ4n) is 1.51. The monoisotopic (exact) mass is 252 g/mol. The minimum atomic E-state index is -4.38. The van der Waals surface area contributed by atoms with Gasteiger partial charge < -0.3 is 9.79 Å². The van der Waals surface area contributed by atoms with Gasteiger partial charge >= 0.3 is 7.82 Å². The Balaban J connectivity index is 3.69. The zero-order chi connectivity index (χ0) is 12.8. The van der Waals surface area contributed by atoms with Crippen molar-refractivity contribution in [2.45, 2.75) is 40.0 Å². The van der Waals surface area contributed by atoms with Gasteiger partial charge in [-0.1, -0.05) is 20.8 Å². The van der Waals surface area contributed by atoms with Gasteiger partial charge in [0.15, 0.2) is 0 Å². The second-order valence-corrected chi connectivity index (χ2v) is 5.66. The van der Waals surface area contributed by atoms with E-state index in [2.05, 4.69) is 18.4 Å². The maximum atomic E-state index is 11.6. The van der Waals surface area contributed by atoms with Gasteiger partial charge in [0.05, 0.1) is 6.61 Å². The molecular weight excluding hydrogens is 231 g/mol. The van der Waals surface area contributed by atoms with Crippen molar-refractivity contribution in [2.24, 2.45) is 11.8 Å². The number of ketones is 1. The largest absolute Gasteiger partial charge is 0.469 e. The molecular formula is C10H21O5P. The molecule has 0 radical (unpaired) electrons. The van der Waals surface area contributed by atoms with Crippen LogP contribution in [0.5, 0.6) is 0 Å². The molecule has 0 saturated heterocycles. The van der Waals surface area contributed by atoms with E-state index >= 15 is 0 Å². The summed E-state index contributed by atoms with van der Waals surface area (Å²) in [7, 11) is -4.38. The number of phosphoric ester groups is 1. The third-order valence-corrected chi connectivity index (χ3v) is 2.72. The predicted molar refractivity (Wildman–Crippen MR) is 60.9 cm³/mol. The zero-order valence-corrected chi connectivity index (χ0v) is 10.9. The molecule has 0 spiro atoms. The second kappa shape index (κ2) is 7.17. The summed E-state index contributed by atoms with van der Waals surface area (Å²) in [6, 6.07) is 0. The lowest BCUT2D eigenvalue weighted by molar-refractivity contribution is -0.123. The highest BCUT2D eigenvalue weighted by atomic mass is 31.2. The number of hydrogen-bond donors (Lipinski definition) is 2. The molecule has 16 heavy (non-hydrogen) atoms. The van der Waals surface area contributed by atoms with Crippen molar-refractivity contribution in [3.63, 3.8) is 0 Å². The Kier molecular flexibility index (Phi) is 7.07. The average molecular weight is 252 g/mol. The van der Waals surface area contributed by atoms with Gasteiger partial charge in [-0.05, 0) is 18.8 Å². The molecule has 2 N–H and O–H groups in total. The fourth-order valence-corrected chi connectivity index (χ4v) is 1.88. The number of phosphoric acid groups is 1. The van der Waals surface area contributed by atoms with Gasteiger partial charge in [-0.15, -0.1) is 0 Å². The Hall–Kier alpha value is -0.220. The summed E-state index contributed by atoms with van der Waals surface area (Å²) in [5, 5.41) is 0. The number of rotatable bonds is 8. The standard InChI is InChI=1S/C10H21O5P/c1-8(2)7-9(3)10(11)5-4-6-15-16(12,13)14/h8-9H,4-7H2,1-3H3,(H2,12,13,14). The van der Waals surface area contributed by atoms with Crippen LogP contribution >= 0.6 is 7.82 Å². The topological polar surface area (TPSA) is 83.8 Å². The van der Waals surface area contributed by atoms with Crippen LogP contribution in [0.1, 0.15) is 40.0 Å².